The van der Waals surface area contributed by atoms with Crippen LogP contribution in [-0.4, -0.2) is 25.5 Å². The number of carbonyl (C=O) groups is 1. The van der Waals surface area contributed by atoms with Crippen LogP contribution in [-0.2, 0) is 10.2 Å². The van der Waals surface area contributed by atoms with Crippen molar-refractivity contribution in [1.82, 2.24) is 10.6 Å². The summed E-state index contributed by atoms with van der Waals surface area (Å²) < 4.78 is 0. The third-order valence-corrected chi connectivity index (χ3v) is 3.49. The topological polar surface area (TPSA) is 41.1 Å². The number of amides is 1. The summed E-state index contributed by atoms with van der Waals surface area (Å²) in [6.07, 6.45) is 1.64. The molecule has 0 fully saturated rings. The van der Waals surface area contributed by atoms with E-state index in [2.05, 4.69) is 62.6 Å². The molecule has 1 amide bonds. The number of carbonyl (C=O) groups excluding carboxylic acids is 1. The Balaban J connectivity index is 2.41. The van der Waals surface area contributed by atoms with Gasteiger partial charge in [0.2, 0.25) is 5.91 Å². The molecule has 3 heteroatoms. The molecule has 112 valence electrons. The summed E-state index contributed by atoms with van der Waals surface area (Å²) in [4.78, 5) is 12.0. The highest BCUT2D eigenvalue weighted by molar-refractivity contribution is 5.77. The van der Waals surface area contributed by atoms with Crippen molar-refractivity contribution in [1.29, 1.82) is 0 Å². The van der Waals surface area contributed by atoms with E-state index in [0.29, 0.717) is 13.0 Å². The lowest BCUT2D eigenvalue weighted by atomic mass is 9.81. The second-order valence-electron chi connectivity index (χ2n) is 6.03. The van der Waals surface area contributed by atoms with E-state index < -0.39 is 0 Å². The quantitative estimate of drug-likeness (QED) is 0.717. The van der Waals surface area contributed by atoms with E-state index >= 15 is 0 Å². The molecule has 0 aromatic heterocycles. The highest BCUT2D eigenvalue weighted by Crippen LogP contribution is 2.27. The van der Waals surface area contributed by atoms with Crippen molar-refractivity contribution in [2.45, 2.75) is 46.0 Å². The van der Waals surface area contributed by atoms with E-state index in [1.807, 2.05) is 0 Å². The highest BCUT2D eigenvalue weighted by Gasteiger charge is 2.23. The number of nitrogens with one attached hydrogen (secondary N) is 2. The second kappa shape index (κ2) is 8.05. The van der Waals surface area contributed by atoms with E-state index in [-0.39, 0.29) is 11.3 Å². The number of benzene rings is 1. The largest absolute Gasteiger partial charge is 0.355 e. The first kappa shape index (κ1) is 16.7. The van der Waals surface area contributed by atoms with E-state index in [4.69, 9.17) is 0 Å². The summed E-state index contributed by atoms with van der Waals surface area (Å²) in [5.41, 5.74) is 2.33. The van der Waals surface area contributed by atoms with Crippen LogP contribution in [0.1, 0.15) is 44.7 Å². The molecule has 20 heavy (non-hydrogen) atoms. The zero-order chi connectivity index (χ0) is 15.0. The number of rotatable bonds is 8. The molecule has 0 spiro atoms. The first-order valence-electron chi connectivity index (χ1n) is 7.50. The van der Waals surface area contributed by atoms with Gasteiger partial charge in [-0.25, -0.2) is 0 Å². The summed E-state index contributed by atoms with van der Waals surface area (Å²) >= 11 is 0. The summed E-state index contributed by atoms with van der Waals surface area (Å²) in [5.74, 6) is 0.119. The van der Waals surface area contributed by atoms with Crippen LogP contribution in [0.15, 0.2) is 24.3 Å². The fourth-order valence-electron chi connectivity index (χ4n) is 2.16. The molecular weight excluding hydrogens is 248 g/mol. The second-order valence-corrected chi connectivity index (χ2v) is 6.03. The molecule has 0 unspecified atom stereocenters. The van der Waals surface area contributed by atoms with Gasteiger partial charge in [-0.1, -0.05) is 50.6 Å². The van der Waals surface area contributed by atoms with Crippen molar-refractivity contribution in [2.24, 2.45) is 0 Å². The third kappa shape index (κ3) is 5.74. The Labute approximate surface area is 123 Å². The summed E-state index contributed by atoms with van der Waals surface area (Å²) in [6, 6.07) is 8.43. The molecule has 0 aliphatic heterocycles. The zero-order valence-electron chi connectivity index (χ0n) is 13.3. The standard InChI is InChI=1S/C17H28N2O/c1-5-10-18-11-12-19-16(20)13-17(3,4)15-8-6-14(2)7-9-15/h6-9,18H,5,10-13H2,1-4H3,(H,19,20). The van der Waals surface area contributed by atoms with E-state index in [9.17, 15) is 4.79 Å². The zero-order valence-corrected chi connectivity index (χ0v) is 13.3. The first-order valence-corrected chi connectivity index (χ1v) is 7.50. The fourth-order valence-corrected chi connectivity index (χ4v) is 2.16. The van der Waals surface area contributed by atoms with Crippen LogP contribution in [0.3, 0.4) is 0 Å². The minimum Gasteiger partial charge on any atom is -0.355 e. The summed E-state index contributed by atoms with van der Waals surface area (Å²) in [6.45, 7) is 11.0. The Morgan fingerprint density at radius 1 is 1.10 bits per heavy atom. The molecule has 0 aliphatic rings. The van der Waals surface area contributed by atoms with Crippen molar-refractivity contribution in [3.05, 3.63) is 35.4 Å². The van der Waals surface area contributed by atoms with Crippen LogP contribution >= 0.6 is 0 Å². The molecule has 3 nitrogen and oxygen atoms in total. The van der Waals surface area contributed by atoms with Gasteiger partial charge in [-0.3, -0.25) is 4.79 Å². The third-order valence-electron chi connectivity index (χ3n) is 3.49. The van der Waals surface area contributed by atoms with Gasteiger partial charge in [-0.15, -0.1) is 0 Å². The molecule has 0 aliphatic carbocycles. The van der Waals surface area contributed by atoms with Gasteiger partial charge in [0, 0.05) is 19.5 Å². The molecule has 0 saturated heterocycles. The molecule has 0 bridgehead atoms. The Hall–Kier alpha value is -1.35. The lowest BCUT2D eigenvalue weighted by molar-refractivity contribution is -0.122. The lowest BCUT2D eigenvalue weighted by Gasteiger charge is -2.24. The van der Waals surface area contributed by atoms with Crippen molar-refractivity contribution in [3.63, 3.8) is 0 Å². The Bertz CT molecular complexity index is 410. The van der Waals surface area contributed by atoms with Gasteiger partial charge >= 0.3 is 0 Å². The maximum absolute atomic E-state index is 12.0. The number of aryl methyl sites for hydroxylation is 1. The predicted octanol–water partition coefficient (Wildman–Crippen LogP) is 2.78. The van der Waals surface area contributed by atoms with Gasteiger partial charge < -0.3 is 10.6 Å². The van der Waals surface area contributed by atoms with Crippen molar-refractivity contribution >= 4 is 5.91 Å². The van der Waals surface area contributed by atoms with Gasteiger partial charge in [-0.2, -0.15) is 0 Å². The van der Waals surface area contributed by atoms with Crippen molar-refractivity contribution in [3.8, 4) is 0 Å². The Morgan fingerprint density at radius 3 is 2.35 bits per heavy atom. The maximum atomic E-state index is 12.0. The van der Waals surface area contributed by atoms with Gasteiger partial charge in [0.15, 0.2) is 0 Å². The van der Waals surface area contributed by atoms with Crippen molar-refractivity contribution < 1.29 is 4.79 Å². The fraction of sp³-hybridized carbons (Fsp3) is 0.588. The molecule has 0 atom stereocenters. The van der Waals surface area contributed by atoms with Gasteiger partial charge in [0.1, 0.15) is 0 Å². The molecule has 2 N–H and O–H groups in total. The number of hydrogen-bond donors (Lipinski definition) is 2. The Morgan fingerprint density at radius 2 is 1.75 bits per heavy atom. The van der Waals surface area contributed by atoms with Crippen LogP contribution in [0, 0.1) is 6.92 Å². The molecule has 1 aromatic rings. The van der Waals surface area contributed by atoms with Crippen LogP contribution in [0.2, 0.25) is 0 Å². The lowest BCUT2D eigenvalue weighted by Crippen LogP contribution is -2.35. The smallest absolute Gasteiger partial charge is 0.220 e. The molecule has 1 aromatic carbocycles. The van der Waals surface area contributed by atoms with Crippen LogP contribution in [0.5, 0.6) is 0 Å². The van der Waals surface area contributed by atoms with Gasteiger partial charge in [0.05, 0.1) is 0 Å². The molecule has 0 radical (unpaired) electrons. The molecule has 0 saturated carbocycles. The summed E-state index contributed by atoms with van der Waals surface area (Å²) in [7, 11) is 0. The Kier molecular flexibility index (Phi) is 6.73. The SMILES string of the molecule is CCCNCCNC(=O)CC(C)(C)c1ccc(C)cc1. The molecular formula is C17H28N2O. The van der Waals surface area contributed by atoms with Gasteiger partial charge in [0.25, 0.3) is 0 Å². The van der Waals surface area contributed by atoms with Crippen LogP contribution in [0.4, 0.5) is 0 Å². The van der Waals surface area contributed by atoms with Crippen LogP contribution < -0.4 is 10.6 Å². The van der Waals surface area contributed by atoms with E-state index in [0.717, 1.165) is 19.5 Å². The van der Waals surface area contributed by atoms with Crippen molar-refractivity contribution in [2.75, 3.05) is 19.6 Å². The monoisotopic (exact) mass is 276 g/mol. The normalized spacial score (nSPS) is 11.4. The minimum absolute atomic E-state index is 0.119. The predicted molar refractivity (Wildman–Crippen MR) is 85.0 cm³/mol. The van der Waals surface area contributed by atoms with E-state index in [1.165, 1.54) is 11.1 Å². The minimum atomic E-state index is -0.130. The highest BCUT2D eigenvalue weighted by atomic mass is 16.1. The first-order chi connectivity index (χ1) is 9.45. The number of hydrogen-bond acceptors (Lipinski definition) is 2. The average Bonchev–Trinajstić information content (AvgIpc) is 2.38. The average molecular weight is 276 g/mol. The molecule has 1 rings (SSSR count). The van der Waals surface area contributed by atoms with Gasteiger partial charge in [-0.05, 0) is 30.9 Å². The van der Waals surface area contributed by atoms with E-state index in [1.54, 1.807) is 0 Å². The molecule has 0 heterocycles. The maximum Gasteiger partial charge on any atom is 0.220 e. The summed E-state index contributed by atoms with van der Waals surface area (Å²) in [5, 5.41) is 6.25. The van der Waals surface area contributed by atoms with Crippen LogP contribution in [0.25, 0.3) is 0 Å².